The summed E-state index contributed by atoms with van der Waals surface area (Å²) in [4.78, 5) is 37.6. The average molecular weight is 458 g/mol. The van der Waals surface area contributed by atoms with Crippen LogP contribution < -0.4 is 24.8 Å². The average Bonchev–Trinajstić information content (AvgIpc) is 3.31. The minimum Gasteiger partial charge on any atom is -0.496 e. The zero-order chi connectivity index (χ0) is 24.1. The molecule has 1 aliphatic rings. The second-order valence-corrected chi connectivity index (χ2v) is 7.41. The summed E-state index contributed by atoms with van der Waals surface area (Å²) in [6.45, 7) is 1.59. The third kappa shape index (κ3) is 5.07. The van der Waals surface area contributed by atoms with Crippen molar-refractivity contribution in [2.45, 2.75) is 6.92 Å². The molecule has 0 radical (unpaired) electrons. The van der Waals surface area contributed by atoms with Gasteiger partial charge in [-0.05, 0) is 67.1 Å². The van der Waals surface area contributed by atoms with Crippen LogP contribution in [0.4, 0.5) is 5.69 Å². The number of hydrogen-bond acceptors (Lipinski definition) is 6. The molecule has 1 aliphatic heterocycles. The molecule has 0 saturated heterocycles. The molecule has 2 N–H and O–H groups in total. The Hall–Kier alpha value is -4.59. The van der Waals surface area contributed by atoms with Crippen molar-refractivity contribution < 1.29 is 28.6 Å². The standard InChI is InChI=1S/C26H22N2O6/c1-16(29)18-8-10-19(11-9-18)27-26(31)21(13-17-7-12-23-24(14-17)34-15-33-23)28-25(30)20-5-3-4-6-22(20)32-2/h3-14H,15H2,1-2H3,(H,27,31)(H,28,30)/b21-13+. The van der Waals surface area contributed by atoms with Crippen molar-refractivity contribution >= 4 is 29.4 Å². The summed E-state index contributed by atoms with van der Waals surface area (Å²) in [5, 5.41) is 5.42. The summed E-state index contributed by atoms with van der Waals surface area (Å²) in [7, 11) is 1.47. The molecule has 0 bridgehead atoms. The number of methoxy groups -OCH3 is 1. The van der Waals surface area contributed by atoms with Crippen LogP contribution in [0.5, 0.6) is 17.2 Å². The Morgan fingerprint density at radius 3 is 2.41 bits per heavy atom. The first kappa shape index (κ1) is 22.6. The Balaban J connectivity index is 1.63. The molecule has 0 aromatic heterocycles. The van der Waals surface area contributed by atoms with Gasteiger partial charge in [-0.2, -0.15) is 0 Å². The summed E-state index contributed by atoms with van der Waals surface area (Å²) < 4.78 is 16.0. The smallest absolute Gasteiger partial charge is 0.272 e. The molecule has 0 unspecified atom stereocenters. The van der Waals surface area contributed by atoms with Gasteiger partial charge in [0.05, 0.1) is 12.7 Å². The topological polar surface area (TPSA) is 103 Å². The normalized spacial score (nSPS) is 12.1. The molecule has 34 heavy (non-hydrogen) atoms. The molecule has 3 aromatic rings. The second kappa shape index (κ2) is 9.91. The summed E-state index contributed by atoms with van der Waals surface area (Å²) in [5.41, 5.74) is 1.91. The maximum atomic E-state index is 13.1. The molecule has 1 heterocycles. The highest BCUT2D eigenvalue weighted by Gasteiger charge is 2.19. The lowest BCUT2D eigenvalue weighted by Crippen LogP contribution is -2.31. The van der Waals surface area contributed by atoms with Crippen molar-refractivity contribution in [3.05, 3.63) is 89.1 Å². The van der Waals surface area contributed by atoms with E-state index < -0.39 is 11.8 Å². The van der Waals surface area contributed by atoms with E-state index >= 15 is 0 Å². The number of fused-ring (bicyclic) bond motifs is 1. The fourth-order valence-electron chi connectivity index (χ4n) is 3.34. The number of benzene rings is 3. The number of amides is 2. The highest BCUT2D eigenvalue weighted by atomic mass is 16.7. The number of nitrogens with one attached hydrogen (secondary N) is 2. The third-order valence-corrected chi connectivity index (χ3v) is 5.10. The van der Waals surface area contributed by atoms with Crippen molar-refractivity contribution in [3.8, 4) is 17.2 Å². The van der Waals surface area contributed by atoms with Crippen molar-refractivity contribution in [2.75, 3.05) is 19.2 Å². The number of Topliss-reactive ketones (excluding diaryl/α,β-unsaturated/α-hetero) is 1. The molecule has 0 atom stereocenters. The number of para-hydroxylation sites is 1. The van der Waals surface area contributed by atoms with Gasteiger partial charge in [0, 0.05) is 11.3 Å². The van der Waals surface area contributed by atoms with E-state index in [2.05, 4.69) is 10.6 Å². The lowest BCUT2D eigenvalue weighted by molar-refractivity contribution is -0.113. The molecule has 8 nitrogen and oxygen atoms in total. The number of rotatable bonds is 7. The van der Waals surface area contributed by atoms with E-state index in [1.54, 1.807) is 66.7 Å². The second-order valence-electron chi connectivity index (χ2n) is 7.41. The van der Waals surface area contributed by atoms with Crippen molar-refractivity contribution in [3.63, 3.8) is 0 Å². The van der Waals surface area contributed by atoms with Gasteiger partial charge in [0.2, 0.25) is 6.79 Å². The van der Waals surface area contributed by atoms with E-state index in [1.807, 2.05) is 0 Å². The number of anilines is 1. The predicted molar refractivity (Wildman–Crippen MR) is 126 cm³/mol. The highest BCUT2D eigenvalue weighted by Crippen LogP contribution is 2.33. The van der Waals surface area contributed by atoms with E-state index in [9.17, 15) is 14.4 Å². The Morgan fingerprint density at radius 2 is 1.68 bits per heavy atom. The summed E-state index contributed by atoms with van der Waals surface area (Å²) >= 11 is 0. The molecule has 172 valence electrons. The maximum Gasteiger partial charge on any atom is 0.272 e. The number of hydrogen-bond donors (Lipinski definition) is 2. The van der Waals surface area contributed by atoms with Crippen molar-refractivity contribution in [1.29, 1.82) is 0 Å². The molecule has 4 rings (SSSR count). The molecule has 0 aliphatic carbocycles. The van der Waals surface area contributed by atoms with Crippen LogP contribution in [0.25, 0.3) is 6.08 Å². The van der Waals surface area contributed by atoms with Crippen molar-refractivity contribution in [2.24, 2.45) is 0 Å². The summed E-state index contributed by atoms with van der Waals surface area (Å²) in [5.74, 6) is 0.396. The molecular weight excluding hydrogens is 436 g/mol. The van der Waals surface area contributed by atoms with Gasteiger partial charge in [-0.15, -0.1) is 0 Å². The molecular formula is C26H22N2O6. The van der Waals surface area contributed by atoms with Gasteiger partial charge in [0.15, 0.2) is 17.3 Å². The first-order chi connectivity index (χ1) is 16.4. The molecule has 0 fully saturated rings. The lowest BCUT2D eigenvalue weighted by atomic mass is 10.1. The third-order valence-electron chi connectivity index (χ3n) is 5.10. The molecule has 0 spiro atoms. The summed E-state index contributed by atoms with van der Waals surface area (Å²) in [6.07, 6.45) is 1.54. The fraction of sp³-hybridized carbons (Fsp3) is 0.115. The number of ketones is 1. The van der Waals surface area contributed by atoms with Gasteiger partial charge >= 0.3 is 0 Å². The zero-order valence-corrected chi connectivity index (χ0v) is 18.6. The van der Waals surface area contributed by atoms with Crippen LogP contribution >= 0.6 is 0 Å². The largest absolute Gasteiger partial charge is 0.496 e. The van der Waals surface area contributed by atoms with E-state index in [0.29, 0.717) is 34.1 Å². The van der Waals surface area contributed by atoms with Gasteiger partial charge < -0.3 is 24.8 Å². The Bertz CT molecular complexity index is 1280. The number of ether oxygens (including phenoxy) is 3. The maximum absolute atomic E-state index is 13.1. The molecule has 3 aromatic carbocycles. The van der Waals surface area contributed by atoms with Crippen LogP contribution in [0.3, 0.4) is 0 Å². The number of carbonyl (C=O) groups is 3. The van der Waals surface area contributed by atoms with Crippen LogP contribution in [0.1, 0.15) is 33.2 Å². The highest BCUT2D eigenvalue weighted by molar-refractivity contribution is 6.11. The Morgan fingerprint density at radius 1 is 0.941 bits per heavy atom. The predicted octanol–water partition coefficient (Wildman–Crippen LogP) is 4.04. The first-order valence-corrected chi connectivity index (χ1v) is 10.4. The van der Waals surface area contributed by atoms with Crippen LogP contribution in [-0.4, -0.2) is 31.5 Å². The minimum atomic E-state index is -0.545. The Labute approximate surface area is 196 Å². The summed E-state index contributed by atoms with van der Waals surface area (Å²) in [6, 6.07) is 18.4. The van der Waals surface area contributed by atoms with Gasteiger partial charge in [0.1, 0.15) is 11.4 Å². The van der Waals surface area contributed by atoms with E-state index in [1.165, 1.54) is 20.1 Å². The quantitative estimate of drug-likeness (QED) is 0.409. The fourth-order valence-corrected chi connectivity index (χ4v) is 3.34. The number of carbonyl (C=O) groups excluding carboxylic acids is 3. The molecule has 2 amide bonds. The zero-order valence-electron chi connectivity index (χ0n) is 18.6. The van der Waals surface area contributed by atoms with Gasteiger partial charge in [-0.3, -0.25) is 14.4 Å². The SMILES string of the molecule is COc1ccccc1C(=O)N/C(=C/c1ccc2c(c1)OCO2)C(=O)Nc1ccc(C(C)=O)cc1. The molecule has 8 heteroatoms. The first-order valence-electron chi connectivity index (χ1n) is 10.4. The monoisotopic (exact) mass is 458 g/mol. The Kier molecular flexibility index (Phi) is 6.59. The lowest BCUT2D eigenvalue weighted by Gasteiger charge is -2.13. The van der Waals surface area contributed by atoms with E-state index in [4.69, 9.17) is 14.2 Å². The minimum absolute atomic E-state index is 0.00501. The van der Waals surface area contributed by atoms with Crippen LogP contribution in [0, 0.1) is 0 Å². The van der Waals surface area contributed by atoms with E-state index in [0.717, 1.165) is 0 Å². The van der Waals surface area contributed by atoms with Gasteiger partial charge in [-0.25, -0.2) is 0 Å². The van der Waals surface area contributed by atoms with Gasteiger partial charge in [-0.1, -0.05) is 18.2 Å². The van der Waals surface area contributed by atoms with Crippen LogP contribution in [0.2, 0.25) is 0 Å². The van der Waals surface area contributed by atoms with Gasteiger partial charge in [0.25, 0.3) is 11.8 Å². The van der Waals surface area contributed by atoms with Crippen LogP contribution in [0.15, 0.2) is 72.4 Å². The van der Waals surface area contributed by atoms with Crippen LogP contribution in [-0.2, 0) is 4.79 Å². The van der Waals surface area contributed by atoms with E-state index in [-0.39, 0.29) is 23.8 Å². The van der Waals surface area contributed by atoms with Crippen molar-refractivity contribution in [1.82, 2.24) is 5.32 Å². The molecule has 0 saturated carbocycles.